The summed E-state index contributed by atoms with van der Waals surface area (Å²) in [6.45, 7) is 4.17. The smallest absolute Gasteiger partial charge is 0.123 e. The minimum atomic E-state index is -0.152. The molecule has 4 heteroatoms. The predicted octanol–water partition coefficient (Wildman–Crippen LogP) is 3.76. The lowest BCUT2D eigenvalue weighted by atomic mass is 9.96. The van der Waals surface area contributed by atoms with Crippen LogP contribution in [0.25, 0.3) is 0 Å². The zero-order valence-corrected chi connectivity index (χ0v) is 12.8. The SMILES string of the molecule is CC1(C)Cc2cc(C(=NN)c3ccc(Cl)cc3)ccc2O1. The van der Waals surface area contributed by atoms with Gasteiger partial charge in [0, 0.05) is 22.6 Å². The van der Waals surface area contributed by atoms with Crippen molar-refractivity contribution in [2.45, 2.75) is 25.9 Å². The molecule has 0 aliphatic carbocycles. The highest BCUT2D eigenvalue weighted by molar-refractivity contribution is 6.30. The Kier molecular flexibility index (Phi) is 3.38. The molecule has 2 aromatic carbocycles. The van der Waals surface area contributed by atoms with Crippen LogP contribution < -0.4 is 10.6 Å². The first-order valence-corrected chi connectivity index (χ1v) is 7.22. The normalized spacial score (nSPS) is 16.4. The first-order chi connectivity index (χ1) is 9.98. The highest BCUT2D eigenvalue weighted by Gasteiger charge is 2.30. The maximum atomic E-state index is 5.93. The molecule has 3 nitrogen and oxygen atoms in total. The molecule has 21 heavy (non-hydrogen) atoms. The van der Waals surface area contributed by atoms with Gasteiger partial charge in [-0.25, -0.2) is 0 Å². The van der Waals surface area contributed by atoms with E-state index >= 15 is 0 Å². The van der Waals surface area contributed by atoms with Gasteiger partial charge in [0.2, 0.25) is 0 Å². The fraction of sp³-hybridized carbons (Fsp3) is 0.235. The Bertz CT molecular complexity index is 705. The average Bonchev–Trinajstić information content (AvgIpc) is 2.75. The molecule has 0 saturated heterocycles. The average molecular weight is 301 g/mol. The third-order valence-corrected chi connectivity index (χ3v) is 3.84. The number of hydrogen-bond donors (Lipinski definition) is 1. The Morgan fingerprint density at radius 1 is 1.14 bits per heavy atom. The Morgan fingerprint density at radius 3 is 2.48 bits per heavy atom. The Morgan fingerprint density at radius 2 is 1.81 bits per heavy atom. The maximum absolute atomic E-state index is 5.93. The molecular formula is C17H17ClN2O. The van der Waals surface area contributed by atoms with E-state index in [1.165, 1.54) is 5.56 Å². The molecule has 0 unspecified atom stereocenters. The highest BCUT2D eigenvalue weighted by atomic mass is 35.5. The summed E-state index contributed by atoms with van der Waals surface area (Å²) in [5.74, 6) is 6.54. The van der Waals surface area contributed by atoms with Crippen LogP contribution in [0.15, 0.2) is 47.6 Å². The molecule has 0 bridgehead atoms. The first kappa shape index (κ1) is 14.0. The zero-order valence-electron chi connectivity index (χ0n) is 12.1. The van der Waals surface area contributed by atoms with Crippen molar-refractivity contribution in [3.63, 3.8) is 0 Å². The quantitative estimate of drug-likeness (QED) is 0.521. The summed E-state index contributed by atoms with van der Waals surface area (Å²) < 4.78 is 5.90. The van der Waals surface area contributed by atoms with Crippen LogP contribution in [0.1, 0.15) is 30.5 Å². The molecular weight excluding hydrogens is 284 g/mol. The number of nitrogens with two attached hydrogens (primary N) is 1. The summed E-state index contributed by atoms with van der Waals surface area (Å²) in [4.78, 5) is 0. The van der Waals surface area contributed by atoms with Crippen molar-refractivity contribution < 1.29 is 4.74 Å². The van der Waals surface area contributed by atoms with Gasteiger partial charge in [-0.05, 0) is 49.7 Å². The summed E-state index contributed by atoms with van der Waals surface area (Å²) in [6, 6.07) is 13.6. The lowest BCUT2D eigenvalue weighted by molar-refractivity contribution is 0.138. The molecule has 1 aliphatic rings. The van der Waals surface area contributed by atoms with E-state index in [2.05, 4.69) is 25.0 Å². The lowest BCUT2D eigenvalue weighted by Gasteiger charge is -2.16. The summed E-state index contributed by atoms with van der Waals surface area (Å²) >= 11 is 5.93. The second kappa shape index (κ2) is 5.08. The van der Waals surface area contributed by atoms with Gasteiger partial charge in [-0.15, -0.1) is 0 Å². The van der Waals surface area contributed by atoms with Crippen molar-refractivity contribution in [1.29, 1.82) is 0 Å². The lowest BCUT2D eigenvalue weighted by Crippen LogP contribution is -2.24. The number of rotatable bonds is 2. The molecule has 2 N–H and O–H groups in total. The zero-order chi connectivity index (χ0) is 15.0. The van der Waals surface area contributed by atoms with E-state index in [0.717, 1.165) is 29.0 Å². The van der Waals surface area contributed by atoms with Crippen molar-refractivity contribution in [2.75, 3.05) is 0 Å². The number of nitrogens with zero attached hydrogens (tertiary/aromatic N) is 1. The Balaban J connectivity index is 1.99. The van der Waals surface area contributed by atoms with Crippen LogP contribution in [0, 0.1) is 0 Å². The fourth-order valence-corrected chi connectivity index (χ4v) is 2.81. The summed E-state index contributed by atoms with van der Waals surface area (Å²) in [5.41, 5.74) is 3.72. The van der Waals surface area contributed by atoms with E-state index in [1.807, 2.05) is 36.4 Å². The minimum absolute atomic E-state index is 0.152. The number of ether oxygens (including phenoxy) is 1. The van der Waals surface area contributed by atoms with Crippen molar-refractivity contribution in [3.05, 3.63) is 64.2 Å². The molecule has 0 amide bonds. The van der Waals surface area contributed by atoms with Gasteiger partial charge in [0.25, 0.3) is 0 Å². The van der Waals surface area contributed by atoms with Crippen molar-refractivity contribution >= 4 is 17.3 Å². The Hall–Kier alpha value is -2.00. The van der Waals surface area contributed by atoms with E-state index in [-0.39, 0.29) is 5.60 Å². The number of hydrazone groups is 1. The van der Waals surface area contributed by atoms with Gasteiger partial charge < -0.3 is 10.6 Å². The molecule has 1 aliphatic heterocycles. The van der Waals surface area contributed by atoms with Crippen LogP contribution in [-0.4, -0.2) is 11.3 Å². The third-order valence-electron chi connectivity index (χ3n) is 3.58. The molecule has 0 atom stereocenters. The molecule has 0 radical (unpaired) electrons. The summed E-state index contributed by atoms with van der Waals surface area (Å²) in [7, 11) is 0. The molecule has 0 aromatic heterocycles. The number of fused-ring (bicyclic) bond motifs is 1. The van der Waals surface area contributed by atoms with Crippen LogP contribution in [0.2, 0.25) is 5.02 Å². The minimum Gasteiger partial charge on any atom is -0.487 e. The van der Waals surface area contributed by atoms with Gasteiger partial charge in [-0.1, -0.05) is 23.7 Å². The second-order valence-corrected chi connectivity index (χ2v) is 6.28. The van der Waals surface area contributed by atoms with Gasteiger partial charge >= 0.3 is 0 Å². The number of hydrogen-bond acceptors (Lipinski definition) is 3. The van der Waals surface area contributed by atoms with E-state index < -0.39 is 0 Å². The molecule has 1 heterocycles. The van der Waals surface area contributed by atoms with Crippen molar-refractivity contribution in [1.82, 2.24) is 0 Å². The Labute approximate surface area is 129 Å². The topological polar surface area (TPSA) is 47.6 Å². The van der Waals surface area contributed by atoms with Gasteiger partial charge in [0.1, 0.15) is 11.4 Å². The number of halogens is 1. The molecule has 108 valence electrons. The van der Waals surface area contributed by atoms with Crippen molar-refractivity contribution in [2.24, 2.45) is 10.9 Å². The fourth-order valence-electron chi connectivity index (χ4n) is 2.68. The van der Waals surface area contributed by atoms with Crippen LogP contribution in [0.3, 0.4) is 0 Å². The first-order valence-electron chi connectivity index (χ1n) is 6.85. The van der Waals surface area contributed by atoms with Crippen LogP contribution in [0.4, 0.5) is 0 Å². The second-order valence-electron chi connectivity index (χ2n) is 5.85. The molecule has 3 rings (SSSR count). The standard InChI is InChI=1S/C17H17ClN2O/c1-17(2)10-13-9-12(5-8-15(13)21-17)16(20-19)11-3-6-14(18)7-4-11/h3-9H,10,19H2,1-2H3. The van der Waals surface area contributed by atoms with Crippen LogP contribution in [-0.2, 0) is 6.42 Å². The molecule has 0 saturated carbocycles. The van der Waals surface area contributed by atoms with Crippen LogP contribution in [0.5, 0.6) is 5.75 Å². The third kappa shape index (κ3) is 2.74. The van der Waals surface area contributed by atoms with Gasteiger partial charge in [0.05, 0.1) is 5.71 Å². The van der Waals surface area contributed by atoms with E-state index in [0.29, 0.717) is 5.02 Å². The predicted molar refractivity (Wildman–Crippen MR) is 86.1 cm³/mol. The van der Waals surface area contributed by atoms with Gasteiger partial charge in [-0.3, -0.25) is 0 Å². The number of benzene rings is 2. The van der Waals surface area contributed by atoms with Gasteiger partial charge in [-0.2, -0.15) is 5.10 Å². The molecule has 0 spiro atoms. The highest BCUT2D eigenvalue weighted by Crippen LogP contribution is 2.35. The monoisotopic (exact) mass is 300 g/mol. The summed E-state index contributed by atoms with van der Waals surface area (Å²) in [6.07, 6.45) is 0.884. The molecule has 0 fully saturated rings. The van der Waals surface area contributed by atoms with E-state index in [4.69, 9.17) is 22.2 Å². The van der Waals surface area contributed by atoms with Gasteiger partial charge in [0.15, 0.2) is 0 Å². The van der Waals surface area contributed by atoms with Crippen molar-refractivity contribution in [3.8, 4) is 5.75 Å². The summed E-state index contributed by atoms with van der Waals surface area (Å²) in [5, 5.41) is 4.65. The van der Waals surface area contributed by atoms with Crippen LogP contribution >= 0.6 is 11.6 Å². The largest absolute Gasteiger partial charge is 0.487 e. The van der Waals surface area contributed by atoms with E-state index in [1.54, 1.807) is 0 Å². The molecule has 2 aromatic rings. The van der Waals surface area contributed by atoms with E-state index in [9.17, 15) is 0 Å². The maximum Gasteiger partial charge on any atom is 0.123 e.